The van der Waals surface area contributed by atoms with Crippen LogP contribution >= 0.6 is 0 Å². The van der Waals surface area contributed by atoms with Crippen LogP contribution in [0.5, 0.6) is 0 Å². The van der Waals surface area contributed by atoms with Crippen molar-refractivity contribution < 1.29 is 39.6 Å². The zero-order valence-electron chi connectivity index (χ0n) is 6.58. The fourth-order valence-electron chi connectivity index (χ4n) is 0.666. The molecule has 0 fully saturated rings. The van der Waals surface area contributed by atoms with E-state index in [-0.39, 0.29) is 0 Å². The summed E-state index contributed by atoms with van der Waals surface area (Å²) in [6.45, 7) is 0. The SMILES string of the molecule is O=C(O)C(=O)[C@@H](C(=O)O)[C@@H](O)C(=O)O. The van der Waals surface area contributed by atoms with E-state index in [1.54, 1.807) is 0 Å². The van der Waals surface area contributed by atoms with Gasteiger partial charge in [0.1, 0.15) is 0 Å². The Labute approximate surface area is 76.4 Å². The van der Waals surface area contributed by atoms with Crippen molar-refractivity contribution in [1.29, 1.82) is 0 Å². The molecule has 0 saturated heterocycles. The molecule has 0 heterocycles. The molecular weight excluding hydrogens is 200 g/mol. The van der Waals surface area contributed by atoms with Gasteiger partial charge in [-0.1, -0.05) is 0 Å². The molecule has 0 aromatic carbocycles. The van der Waals surface area contributed by atoms with Crippen LogP contribution in [-0.2, 0) is 19.2 Å². The molecule has 4 N–H and O–H groups in total. The maximum atomic E-state index is 10.6. The van der Waals surface area contributed by atoms with Gasteiger partial charge >= 0.3 is 17.9 Å². The summed E-state index contributed by atoms with van der Waals surface area (Å²) in [6.07, 6.45) is -2.57. The molecule has 0 spiro atoms. The van der Waals surface area contributed by atoms with Crippen molar-refractivity contribution in [2.24, 2.45) is 5.92 Å². The van der Waals surface area contributed by atoms with Crippen LogP contribution in [0.3, 0.4) is 0 Å². The minimum absolute atomic E-state index is 1.88. The van der Waals surface area contributed by atoms with Gasteiger partial charge in [-0.15, -0.1) is 0 Å². The molecule has 0 aromatic heterocycles. The summed E-state index contributed by atoms with van der Waals surface area (Å²) in [5, 5.41) is 33.3. The van der Waals surface area contributed by atoms with Crippen molar-refractivity contribution in [3.63, 3.8) is 0 Å². The Hall–Kier alpha value is -1.96. The molecule has 0 bridgehead atoms. The van der Waals surface area contributed by atoms with E-state index < -0.39 is 35.7 Å². The Bertz CT molecular complexity index is 292. The first-order valence-electron chi connectivity index (χ1n) is 3.19. The normalized spacial score (nSPS) is 14.1. The zero-order valence-corrected chi connectivity index (χ0v) is 6.58. The van der Waals surface area contributed by atoms with E-state index >= 15 is 0 Å². The van der Waals surface area contributed by atoms with Crippen molar-refractivity contribution in [3.8, 4) is 0 Å². The molecule has 0 radical (unpaired) electrons. The molecule has 0 rings (SSSR count). The number of carbonyl (C=O) groups excluding carboxylic acids is 1. The molecular formula is C6H6O8. The van der Waals surface area contributed by atoms with Gasteiger partial charge < -0.3 is 20.4 Å². The second-order valence-electron chi connectivity index (χ2n) is 2.27. The second-order valence-corrected chi connectivity index (χ2v) is 2.27. The lowest BCUT2D eigenvalue weighted by atomic mass is 9.97. The Kier molecular flexibility index (Phi) is 3.72. The van der Waals surface area contributed by atoms with Gasteiger partial charge in [-0.05, 0) is 0 Å². The molecule has 8 heteroatoms. The number of aliphatic hydroxyl groups is 1. The van der Waals surface area contributed by atoms with Crippen molar-refractivity contribution in [2.45, 2.75) is 6.10 Å². The third kappa shape index (κ3) is 2.52. The topological polar surface area (TPSA) is 149 Å². The molecule has 0 aromatic rings. The standard InChI is InChI=1S/C6H6O8/c7-2(5(11)12)1(4(9)10)3(8)6(13)14/h1-2,7H,(H,9,10)(H,11,12)(H,13,14)/t1-,2+/m0/s1. The Balaban J connectivity index is 4.96. The number of aliphatic hydroxyl groups excluding tert-OH is 1. The summed E-state index contributed by atoms with van der Waals surface area (Å²) in [4.78, 5) is 41.1. The lowest BCUT2D eigenvalue weighted by molar-refractivity contribution is -0.167. The van der Waals surface area contributed by atoms with Crippen LogP contribution in [0.25, 0.3) is 0 Å². The van der Waals surface area contributed by atoms with E-state index in [1.807, 2.05) is 0 Å². The second kappa shape index (κ2) is 4.33. The highest BCUT2D eigenvalue weighted by molar-refractivity contribution is 6.37. The van der Waals surface area contributed by atoms with Crippen LogP contribution < -0.4 is 0 Å². The third-order valence-corrected chi connectivity index (χ3v) is 1.33. The molecule has 0 aliphatic carbocycles. The highest BCUT2D eigenvalue weighted by Gasteiger charge is 2.41. The highest BCUT2D eigenvalue weighted by Crippen LogP contribution is 2.06. The number of ketones is 1. The van der Waals surface area contributed by atoms with E-state index in [4.69, 9.17) is 20.4 Å². The van der Waals surface area contributed by atoms with Crippen LogP contribution in [0, 0.1) is 5.92 Å². The quantitative estimate of drug-likeness (QED) is 0.292. The number of Topliss-reactive ketones (excluding diaryl/α,β-unsaturated/α-hetero) is 1. The number of hydrogen-bond acceptors (Lipinski definition) is 5. The molecule has 78 valence electrons. The van der Waals surface area contributed by atoms with Crippen molar-refractivity contribution >= 4 is 23.7 Å². The first kappa shape index (κ1) is 12.0. The average molecular weight is 206 g/mol. The maximum Gasteiger partial charge on any atom is 0.373 e. The van der Waals surface area contributed by atoms with E-state index in [9.17, 15) is 19.2 Å². The molecule has 0 amide bonds. The number of hydrogen-bond donors (Lipinski definition) is 4. The van der Waals surface area contributed by atoms with E-state index in [0.717, 1.165) is 0 Å². The number of aliphatic carboxylic acids is 3. The van der Waals surface area contributed by atoms with Crippen molar-refractivity contribution in [2.75, 3.05) is 0 Å². The van der Waals surface area contributed by atoms with E-state index in [2.05, 4.69) is 0 Å². The average Bonchev–Trinajstić information content (AvgIpc) is 2.03. The third-order valence-electron chi connectivity index (χ3n) is 1.33. The van der Waals surface area contributed by atoms with Crippen LogP contribution in [0.2, 0.25) is 0 Å². The van der Waals surface area contributed by atoms with Gasteiger partial charge in [0.25, 0.3) is 5.78 Å². The summed E-state index contributed by atoms with van der Waals surface area (Å²) in [6, 6.07) is 0. The van der Waals surface area contributed by atoms with Gasteiger partial charge in [0, 0.05) is 0 Å². The summed E-state index contributed by atoms with van der Waals surface area (Å²) in [5.74, 6) is -10.5. The lowest BCUT2D eigenvalue weighted by Gasteiger charge is -2.11. The Morgan fingerprint density at radius 1 is 0.857 bits per heavy atom. The van der Waals surface area contributed by atoms with Gasteiger partial charge in [0.15, 0.2) is 12.0 Å². The van der Waals surface area contributed by atoms with Crippen molar-refractivity contribution in [3.05, 3.63) is 0 Å². The molecule has 8 nitrogen and oxygen atoms in total. The molecule has 0 aliphatic heterocycles. The predicted molar refractivity (Wildman–Crippen MR) is 37.4 cm³/mol. The number of carboxylic acid groups (broad SMARTS) is 3. The van der Waals surface area contributed by atoms with Gasteiger partial charge in [-0.25, -0.2) is 9.59 Å². The largest absolute Gasteiger partial charge is 0.481 e. The first-order valence-corrected chi connectivity index (χ1v) is 3.19. The predicted octanol–water partition coefficient (Wildman–Crippen LogP) is -2.21. The van der Waals surface area contributed by atoms with E-state index in [1.165, 1.54) is 0 Å². The molecule has 0 saturated carbocycles. The van der Waals surface area contributed by atoms with Gasteiger partial charge in [0.2, 0.25) is 0 Å². The number of carboxylic acids is 3. The number of carbonyl (C=O) groups is 4. The summed E-state index contributed by atoms with van der Waals surface area (Å²) >= 11 is 0. The first-order chi connectivity index (χ1) is 6.29. The van der Waals surface area contributed by atoms with Gasteiger partial charge in [-0.2, -0.15) is 0 Å². The summed E-state index contributed by atoms with van der Waals surface area (Å²) < 4.78 is 0. The van der Waals surface area contributed by atoms with Crippen LogP contribution in [0.15, 0.2) is 0 Å². The number of rotatable bonds is 5. The summed E-state index contributed by atoms with van der Waals surface area (Å²) in [7, 11) is 0. The van der Waals surface area contributed by atoms with Crippen molar-refractivity contribution in [1.82, 2.24) is 0 Å². The fourth-order valence-corrected chi connectivity index (χ4v) is 0.666. The lowest BCUT2D eigenvalue weighted by Crippen LogP contribution is -2.42. The fraction of sp³-hybridized carbons (Fsp3) is 0.333. The molecule has 0 unspecified atom stereocenters. The van der Waals surface area contributed by atoms with Gasteiger partial charge in [-0.3, -0.25) is 9.59 Å². The van der Waals surface area contributed by atoms with Gasteiger partial charge in [0.05, 0.1) is 0 Å². The summed E-state index contributed by atoms with van der Waals surface area (Å²) in [5.41, 5.74) is 0. The minimum Gasteiger partial charge on any atom is -0.481 e. The Morgan fingerprint density at radius 2 is 1.29 bits per heavy atom. The van der Waals surface area contributed by atoms with Crippen LogP contribution in [-0.4, -0.2) is 50.2 Å². The molecule has 2 atom stereocenters. The minimum atomic E-state index is -2.57. The van der Waals surface area contributed by atoms with Crippen LogP contribution in [0.1, 0.15) is 0 Å². The Morgan fingerprint density at radius 3 is 1.50 bits per heavy atom. The zero-order chi connectivity index (χ0) is 11.5. The monoisotopic (exact) mass is 206 g/mol. The molecule has 0 aliphatic rings. The molecule has 14 heavy (non-hydrogen) atoms. The smallest absolute Gasteiger partial charge is 0.373 e. The highest BCUT2D eigenvalue weighted by atomic mass is 16.4. The maximum absolute atomic E-state index is 10.6. The van der Waals surface area contributed by atoms with E-state index in [0.29, 0.717) is 0 Å². The van der Waals surface area contributed by atoms with Crippen LogP contribution in [0.4, 0.5) is 0 Å².